The number of nitrogens with zero attached hydrogens (tertiary/aromatic N) is 5. The van der Waals surface area contributed by atoms with Crippen LogP contribution in [0.5, 0.6) is 0 Å². The second-order valence-electron chi connectivity index (χ2n) is 12.3. The zero-order valence-electron chi connectivity index (χ0n) is 26.7. The molecule has 5 nitrogen and oxygen atoms in total. The van der Waals surface area contributed by atoms with Crippen molar-refractivity contribution >= 4 is 43.6 Å². The summed E-state index contributed by atoms with van der Waals surface area (Å²) in [6.45, 7) is 0. The SMILES string of the molecule is N#Cc1ccc2c(c1)c1ccccc1n2-c1ccccc1-c1ccc(C#N)c(-c2ccc(-n3c4ccccc4c4ccccc43)cc2)c1C#N. The van der Waals surface area contributed by atoms with E-state index < -0.39 is 0 Å². The van der Waals surface area contributed by atoms with Gasteiger partial charge in [0.1, 0.15) is 6.07 Å². The minimum atomic E-state index is 0.438. The maximum Gasteiger partial charge on any atom is 0.100 e. The molecule has 0 saturated carbocycles. The third kappa shape index (κ3) is 4.24. The van der Waals surface area contributed by atoms with Crippen LogP contribution in [0.1, 0.15) is 16.7 Å². The topological polar surface area (TPSA) is 81.2 Å². The molecule has 9 rings (SSSR count). The quantitative estimate of drug-likeness (QED) is 0.193. The molecule has 0 unspecified atom stereocenters. The maximum atomic E-state index is 10.8. The van der Waals surface area contributed by atoms with Crippen LogP contribution in [0.15, 0.2) is 152 Å². The summed E-state index contributed by atoms with van der Waals surface area (Å²) in [6.07, 6.45) is 0. The highest BCUT2D eigenvalue weighted by atomic mass is 15.0. The van der Waals surface area contributed by atoms with Gasteiger partial charge in [-0.1, -0.05) is 91.0 Å². The molecule has 0 spiro atoms. The van der Waals surface area contributed by atoms with Crippen LogP contribution in [-0.4, -0.2) is 9.13 Å². The highest BCUT2D eigenvalue weighted by Gasteiger charge is 2.21. The summed E-state index contributed by atoms with van der Waals surface area (Å²) < 4.78 is 4.45. The Hall–Kier alpha value is -7.39. The molecule has 50 heavy (non-hydrogen) atoms. The summed E-state index contributed by atoms with van der Waals surface area (Å²) >= 11 is 0. The van der Waals surface area contributed by atoms with Crippen molar-refractivity contribution in [1.82, 2.24) is 9.13 Å². The fraction of sp³-hybridized carbons (Fsp3) is 0. The lowest BCUT2D eigenvalue weighted by atomic mass is 9.88. The van der Waals surface area contributed by atoms with Gasteiger partial charge in [-0.05, 0) is 66.2 Å². The lowest BCUT2D eigenvalue weighted by Gasteiger charge is -2.17. The highest BCUT2D eigenvalue weighted by Crippen LogP contribution is 2.41. The third-order valence-electron chi connectivity index (χ3n) is 9.67. The van der Waals surface area contributed by atoms with E-state index in [0.29, 0.717) is 22.3 Å². The van der Waals surface area contributed by atoms with Crippen LogP contribution in [0, 0.1) is 34.0 Å². The number of aromatic nitrogens is 2. The maximum absolute atomic E-state index is 10.8. The first-order valence-corrected chi connectivity index (χ1v) is 16.3. The average Bonchev–Trinajstić information content (AvgIpc) is 3.70. The second kappa shape index (κ2) is 11.4. The molecule has 0 atom stereocenters. The number of benzene rings is 7. The van der Waals surface area contributed by atoms with Gasteiger partial charge in [0, 0.05) is 43.9 Å². The van der Waals surface area contributed by atoms with Crippen molar-refractivity contribution in [3.8, 4) is 51.8 Å². The van der Waals surface area contributed by atoms with Crippen LogP contribution in [0.4, 0.5) is 0 Å². The van der Waals surface area contributed by atoms with Gasteiger partial charge in [0.2, 0.25) is 0 Å². The third-order valence-corrected chi connectivity index (χ3v) is 9.67. The predicted octanol–water partition coefficient (Wildman–Crippen LogP) is 10.8. The molecule has 2 aromatic heterocycles. The molecule has 0 radical (unpaired) electrons. The van der Waals surface area contributed by atoms with Crippen molar-refractivity contribution in [3.05, 3.63) is 168 Å². The Labute approximate surface area is 287 Å². The van der Waals surface area contributed by atoms with E-state index in [1.54, 1.807) is 0 Å². The zero-order chi connectivity index (χ0) is 33.8. The standard InChI is InChI=1S/C45H25N5/c46-26-29-17-24-44-38(25-29)37-12-4-8-16-43(37)50(44)42-15-7-1-9-34(42)33-23-20-31(27-47)45(39(33)28-48)30-18-21-32(22-19-30)49-40-13-5-2-10-35(40)36-11-3-6-14-41(36)49/h1-25H. The molecular formula is C45H25N5. The fourth-order valence-electron chi connectivity index (χ4n) is 7.51. The number of hydrogen-bond donors (Lipinski definition) is 0. The Bertz CT molecular complexity index is 2900. The second-order valence-corrected chi connectivity index (χ2v) is 12.3. The van der Waals surface area contributed by atoms with Gasteiger partial charge < -0.3 is 9.13 Å². The highest BCUT2D eigenvalue weighted by molar-refractivity contribution is 6.11. The van der Waals surface area contributed by atoms with E-state index in [4.69, 9.17) is 0 Å². The van der Waals surface area contributed by atoms with E-state index in [9.17, 15) is 15.8 Å². The molecule has 0 aliphatic carbocycles. The summed E-state index contributed by atoms with van der Waals surface area (Å²) in [4.78, 5) is 0. The first-order chi connectivity index (χ1) is 24.7. The lowest BCUT2D eigenvalue weighted by molar-refractivity contribution is 1.18. The van der Waals surface area contributed by atoms with Gasteiger partial charge in [-0.25, -0.2) is 0 Å². The molecule has 230 valence electrons. The molecule has 0 aliphatic rings. The number of para-hydroxylation sites is 4. The first kappa shape index (κ1) is 28.8. The zero-order valence-corrected chi connectivity index (χ0v) is 26.7. The van der Waals surface area contributed by atoms with Crippen LogP contribution in [0.25, 0.3) is 77.2 Å². The Morgan fingerprint density at radius 2 is 1.00 bits per heavy atom. The van der Waals surface area contributed by atoms with Crippen molar-refractivity contribution in [3.63, 3.8) is 0 Å². The molecule has 2 heterocycles. The summed E-state index contributed by atoms with van der Waals surface area (Å²) in [5.41, 5.74) is 10.6. The monoisotopic (exact) mass is 635 g/mol. The number of rotatable bonds is 4. The van der Waals surface area contributed by atoms with E-state index in [2.05, 4.69) is 106 Å². The average molecular weight is 636 g/mol. The Morgan fingerprint density at radius 1 is 0.420 bits per heavy atom. The molecule has 0 amide bonds. The van der Waals surface area contributed by atoms with E-state index in [0.717, 1.165) is 60.9 Å². The van der Waals surface area contributed by atoms with Gasteiger partial charge in [-0.15, -0.1) is 0 Å². The summed E-state index contributed by atoms with van der Waals surface area (Å²) in [5, 5.41) is 35.1. The summed E-state index contributed by atoms with van der Waals surface area (Å²) in [5.74, 6) is 0. The van der Waals surface area contributed by atoms with E-state index in [1.165, 1.54) is 10.8 Å². The molecule has 0 fully saturated rings. The van der Waals surface area contributed by atoms with Crippen molar-refractivity contribution in [2.75, 3.05) is 0 Å². The molecule has 0 bridgehead atoms. The predicted molar refractivity (Wildman–Crippen MR) is 200 cm³/mol. The Morgan fingerprint density at radius 3 is 1.64 bits per heavy atom. The minimum absolute atomic E-state index is 0.438. The lowest BCUT2D eigenvalue weighted by Crippen LogP contribution is -2.00. The van der Waals surface area contributed by atoms with Crippen LogP contribution in [-0.2, 0) is 0 Å². The van der Waals surface area contributed by atoms with Gasteiger partial charge in [-0.2, -0.15) is 15.8 Å². The number of nitriles is 3. The first-order valence-electron chi connectivity index (χ1n) is 16.3. The smallest absolute Gasteiger partial charge is 0.100 e. The molecular weight excluding hydrogens is 611 g/mol. The Balaban J connectivity index is 1.24. The molecule has 0 aliphatic heterocycles. The number of fused-ring (bicyclic) bond motifs is 6. The van der Waals surface area contributed by atoms with E-state index >= 15 is 0 Å². The fourth-order valence-corrected chi connectivity index (χ4v) is 7.51. The van der Waals surface area contributed by atoms with Crippen LogP contribution >= 0.6 is 0 Å². The van der Waals surface area contributed by atoms with Gasteiger partial charge in [0.25, 0.3) is 0 Å². The van der Waals surface area contributed by atoms with Gasteiger partial charge in [0.15, 0.2) is 0 Å². The molecule has 0 saturated heterocycles. The largest absolute Gasteiger partial charge is 0.309 e. The summed E-state index contributed by atoms with van der Waals surface area (Å²) in [6, 6.07) is 57.7. The molecule has 5 heteroatoms. The van der Waals surface area contributed by atoms with Crippen LogP contribution < -0.4 is 0 Å². The molecule has 9 aromatic rings. The molecule has 7 aromatic carbocycles. The van der Waals surface area contributed by atoms with E-state index in [-0.39, 0.29) is 0 Å². The van der Waals surface area contributed by atoms with Crippen molar-refractivity contribution in [2.24, 2.45) is 0 Å². The van der Waals surface area contributed by atoms with E-state index in [1.807, 2.05) is 72.8 Å². The minimum Gasteiger partial charge on any atom is -0.309 e. The van der Waals surface area contributed by atoms with Gasteiger partial charge in [0.05, 0.1) is 56.6 Å². The van der Waals surface area contributed by atoms with Crippen LogP contribution in [0.2, 0.25) is 0 Å². The van der Waals surface area contributed by atoms with Crippen molar-refractivity contribution < 1.29 is 0 Å². The molecule has 0 N–H and O–H groups in total. The van der Waals surface area contributed by atoms with Gasteiger partial charge in [-0.3, -0.25) is 0 Å². The van der Waals surface area contributed by atoms with Crippen LogP contribution in [0.3, 0.4) is 0 Å². The van der Waals surface area contributed by atoms with Crippen molar-refractivity contribution in [2.45, 2.75) is 0 Å². The Kier molecular flexibility index (Phi) is 6.56. The number of hydrogen-bond acceptors (Lipinski definition) is 3. The van der Waals surface area contributed by atoms with Crippen molar-refractivity contribution in [1.29, 1.82) is 15.8 Å². The van der Waals surface area contributed by atoms with Gasteiger partial charge >= 0.3 is 0 Å². The normalized spacial score (nSPS) is 11.1. The summed E-state index contributed by atoms with van der Waals surface area (Å²) in [7, 11) is 0.